The van der Waals surface area contributed by atoms with Crippen LogP contribution < -0.4 is 11.2 Å². The topological polar surface area (TPSA) is 50.4 Å². The third-order valence-corrected chi connectivity index (χ3v) is 1.65. The monoisotopic (exact) mass is 163 g/mol. The van der Waals surface area contributed by atoms with Crippen LogP contribution in [0, 0.1) is 6.92 Å². The first-order chi connectivity index (χ1) is 5.75. The first-order valence-electron chi connectivity index (χ1n) is 3.81. The van der Waals surface area contributed by atoms with E-state index >= 15 is 0 Å². The van der Waals surface area contributed by atoms with Crippen molar-refractivity contribution in [2.45, 2.75) is 6.92 Å². The van der Waals surface area contributed by atoms with E-state index in [0.717, 1.165) is 11.1 Å². The van der Waals surface area contributed by atoms with Crippen molar-refractivity contribution in [3.63, 3.8) is 0 Å². The molecule has 1 rings (SSSR count). The van der Waals surface area contributed by atoms with Crippen molar-refractivity contribution in [1.82, 2.24) is 5.43 Å². The highest BCUT2D eigenvalue weighted by molar-refractivity contribution is 5.98. The van der Waals surface area contributed by atoms with Crippen LogP contribution in [-0.2, 0) is 0 Å². The standard InChI is InChI=1S/C9H13N3/c1-7-5-3-4-6-8(7)9(10)12-11-2/h3-6,11H,1-2H3,(H2,10,12). The highest BCUT2D eigenvalue weighted by Gasteiger charge is 1.99. The summed E-state index contributed by atoms with van der Waals surface area (Å²) in [6.07, 6.45) is 0. The summed E-state index contributed by atoms with van der Waals surface area (Å²) in [6, 6.07) is 7.88. The fourth-order valence-corrected chi connectivity index (χ4v) is 1.04. The van der Waals surface area contributed by atoms with Crippen LogP contribution in [0.15, 0.2) is 29.4 Å². The van der Waals surface area contributed by atoms with Crippen molar-refractivity contribution in [2.24, 2.45) is 10.8 Å². The van der Waals surface area contributed by atoms with Gasteiger partial charge < -0.3 is 11.2 Å². The van der Waals surface area contributed by atoms with Gasteiger partial charge >= 0.3 is 0 Å². The van der Waals surface area contributed by atoms with Gasteiger partial charge in [-0.3, -0.25) is 0 Å². The Morgan fingerprint density at radius 2 is 2.08 bits per heavy atom. The molecular formula is C9H13N3. The molecule has 0 bridgehead atoms. The lowest BCUT2D eigenvalue weighted by Gasteiger charge is -2.03. The van der Waals surface area contributed by atoms with E-state index in [-0.39, 0.29) is 0 Å². The van der Waals surface area contributed by atoms with Gasteiger partial charge in [0.15, 0.2) is 5.84 Å². The molecule has 0 saturated heterocycles. The highest BCUT2D eigenvalue weighted by Crippen LogP contribution is 2.05. The van der Waals surface area contributed by atoms with Crippen molar-refractivity contribution >= 4 is 5.84 Å². The molecule has 0 amide bonds. The van der Waals surface area contributed by atoms with Gasteiger partial charge in [0, 0.05) is 12.6 Å². The molecule has 3 nitrogen and oxygen atoms in total. The van der Waals surface area contributed by atoms with Gasteiger partial charge in [-0.25, -0.2) is 0 Å². The van der Waals surface area contributed by atoms with E-state index in [1.54, 1.807) is 7.05 Å². The van der Waals surface area contributed by atoms with Crippen molar-refractivity contribution in [3.05, 3.63) is 35.4 Å². The Labute approximate surface area is 72.3 Å². The molecule has 0 spiro atoms. The van der Waals surface area contributed by atoms with Gasteiger partial charge in [-0.1, -0.05) is 24.3 Å². The second-order valence-electron chi connectivity index (χ2n) is 2.54. The Hall–Kier alpha value is -1.51. The SMILES string of the molecule is CN/N=C(/N)c1ccccc1C. The van der Waals surface area contributed by atoms with E-state index in [4.69, 9.17) is 5.73 Å². The molecule has 64 valence electrons. The zero-order valence-electron chi connectivity index (χ0n) is 7.33. The minimum Gasteiger partial charge on any atom is -0.382 e. The average Bonchev–Trinajstić information content (AvgIpc) is 2.05. The summed E-state index contributed by atoms with van der Waals surface area (Å²) in [5.74, 6) is 0.524. The number of hydrazone groups is 1. The molecule has 0 atom stereocenters. The van der Waals surface area contributed by atoms with Gasteiger partial charge in [-0.05, 0) is 12.5 Å². The molecule has 3 heteroatoms. The molecule has 0 aliphatic rings. The van der Waals surface area contributed by atoms with Crippen LogP contribution >= 0.6 is 0 Å². The maximum atomic E-state index is 5.69. The van der Waals surface area contributed by atoms with Crippen molar-refractivity contribution in [3.8, 4) is 0 Å². The first-order valence-corrected chi connectivity index (χ1v) is 3.81. The van der Waals surface area contributed by atoms with Crippen LogP contribution in [0.25, 0.3) is 0 Å². The fraction of sp³-hybridized carbons (Fsp3) is 0.222. The average molecular weight is 163 g/mol. The van der Waals surface area contributed by atoms with Gasteiger partial charge in [0.25, 0.3) is 0 Å². The maximum Gasteiger partial charge on any atom is 0.150 e. The normalized spacial score (nSPS) is 11.3. The lowest BCUT2D eigenvalue weighted by molar-refractivity contribution is 0.897. The number of nitrogens with one attached hydrogen (secondary N) is 1. The van der Waals surface area contributed by atoms with E-state index in [9.17, 15) is 0 Å². The molecule has 0 fully saturated rings. The molecule has 0 aliphatic heterocycles. The number of nitrogens with zero attached hydrogens (tertiary/aromatic N) is 1. The Balaban J connectivity index is 3.02. The molecule has 0 radical (unpaired) electrons. The maximum absolute atomic E-state index is 5.69. The van der Waals surface area contributed by atoms with E-state index in [1.807, 2.05) is 31.2 Å². The Kier molecular flexibility index (Phi) is 2.69. The molecule has 1 aromatic carbocycles. The number of rotatable bonds is 2. The molecule has 3 N–H and O–H groups in total. The number of nitrogens with two attached hydrogens (primary N) is 1. The number of amidine groups is 1. The Morgan fingerprint density at radius 1 is 1.42 bits per heavy atom. The number of benzene rings is 1. The zero-order chi connectivity index (χ0) is 8.97. The smallest absolute Gasteiger partial charge is 0.150 e. The molecule has 12 heavy (non-hydrogen) atoms. The van der Waals surface area contributed by atoms with Gasteiger partial charge in [0.1, 0.15) is 0 Å². The molecule has 0 aliphatic carbocycles. The predicted molar refractivity (Wildman–Crippen MR) is 51.0 cm³/mol. The van der Waals surface area contributed by atoms with Gasteiger partial charge in [-0.15, -0.1) is 0 Å². The second-order valence-corrected chi connectivity index (χ2v) is 2.54. The van der Waals surface area contributed by atoms with Crippen LogP contribution in [0.2, 0.25) is 0 Å². The second kappa shape index (κ2) is 3.76. The molecular weight excluding hydrogens is 150 g/mol. The zero-order valence-corrected chi connectivity index (χ0v) is 7.33. The molecule has 1 aromatic rings. The van der Waals surface area contributed by atoms with Gasteiger partial charge in [-0.2, -0.15) is 5.10 Å². The fourth-order valence-electron chi connectivity index (χ4n) is 1.04. The van der Waals surface area contributed by atoms with Gasteiger partial charge in [0.05, 0.1) is 0 Å². The first kappa shape index (κ1) is 8.59. The number of hydrogen-bond donors (Lipinski definition) is 2. The van der Waals surface area contributed by atoms with Crippen LogP contribution in [0.4, 0.5) is 0 Å². The Bertz CT molecular complexity index is 292. The van der Waals surface area contributed by atoms with E-state index < -0.39 is 0 Å². The molecule has 0 aromatic heterocycles. The largest absolute Gasteiger partial charge is 0.382 e. The van der Waals surface area contributed by atoms with Crippen LogP contribution in [-0.4, -0.2) is 12.9 Å². The summed E-state index contributed by atoms with van der Waals surface area (Å²) < 4.78 is 0. The molecule has 0 unspecified atom stereocenters. The molecule has 0 heterocycles. The van der Waals surface area contributed by atoms with E-state index in [1.165, 1.54) is 0 Å². The van der Waals surface area contributed by atoms with Gasteiger partial charge in [0.2, 0.25) is 0 Å². The predicted octanol–water partition coefficient (Wildman–Crippen LogP) is 0.835. The van der Waals surface area contributed by atoms with Crippen LogP contribution in [0.5, 0.6) is 0 Å². The minimum atomic E-state index is 0.524. The summed E-state index contributed by atoms with van der Waals surface area (Å²) in [7, 11) is 1.73. The lowest BCUT2D eigenvalue weighted by atomic mass is 10.1. The summed E-state index contributed by atoms with van der Waals surface area (Å²) in [5, 5.41) is 3.90. The minimum absolute atomic E-state index is 0.524. The lowest BCUT2D eigenvalue weighted by Crippen LogP contribution is -2.18. The van der Waals surface area contributed by atoms with E-state index in [2.05, 4.69) is 10.5 Å². The van der Waals surface area contributed by atoms with Crippen molar-refractivity contribution in [2.75, 3.05) is 7.05 Å². The van der Waals surface area contributed by atoms with E-state index in [0.29, 0.717) is 5.84 Å². The van der Waals surface area contributed by atoms with Crippen molar-refractivity contribution < 1.29 is 0 Å². The number of aryl methyl sites for hydroxylation is 1. The van der Waals surface area contributed by atoms with Crippen molar-refractivity contribution in [1.29, 1.82) is 0 Å². The summed E-state index contributed by atoms with van der Waals surface area (Å²) in [6.45, 7) is 2.01. The third kappa shape index (κ3) is 1.75. The summed E-state index contributed by atoms with van der Waals surface area (Å²) in [4.78, 5) is 0. The van der Waals surface area contributed by atoms with Crippen LogP contribution in [0.3, 0.4) is 0 Å². The summed E-state index contributed by atoms with van der Waals surface area (Å²) >= 11 is 0. The molecule has 0 saturated carbocycles. The number of hydrogen-bond acceptors (Lipinski definition) is 2. The Morgan fingerprint density at radius 3 is 2.67 bits per heavy atom. The third-order valence-electron chi connectivity index (χ3n) is 1.65. The highest BCUT2D eigenvalue weighted by atomic mass is 15.3. The quantitative estimate of drug-likeness (QED) is 0.385. The summed E-state index contributed by atoms with van der Waals surface area (Å²) in [5.41, 5.74) is 10.5. The van der Waals surface area contributed by atoms with Crippen LogP contribution in [0.1, 0.15) is 11.1 Å².